The van der Waals surface area contributed by atoms with Gasteiger partial charge >= 0.3 is 6.18 Å². The van der Waals surface area contributed by atoms with Gasteiger partial charge in [-0.25, -0.2) is 4.98 Å². The Kier molecular flexibility index (Phi) is 3.96. The topological polar surface area (TPSA) is 71.1 Å². The fourth-order valence-electron chi connectivity index (χ4n) is 2.52. The molecule has 2 heterocycles. The van der Waals surface area contributed by atoms with Crippen LogP contribution < -0.4 is 10.6 Å². The third-order valence-electron chi connectivity index (χ3n) is 3.61. The normalized spacial score (nSPS) is 16.5. The molecular weight excluding hydrogens is 323 g/mol. The summed E-state index contributed by atoms with van der Waals surface area (Å²) in [5.74, 6) is -0.682. The zero-order valence-corrected chi connectivity index (χ0v) is 12.2. The third-order valence-corrected chi connectivity index (χ3v) is 3.61. The number of pyridine rings is 1. The lowest BCUT2D eigenvalue weighted by molar-refractivity contribution is -0.141. The number of nitrogens with one attached hydrogen (secondary N) is 2. The highest BCUT2D eigenvalue weighted by Gasteiger charge is 2.32. The number of nitrogens with zero attached hydrogens (tertiary/aromatic N) is 1. The number of alkyl halides is 3. The Morgan fingerprint density at radius 2 is 1.96 bits per heavy atom. The molecule has 24 heavy (non-hydrogen) atoms. The van der Waals surface area contributed by atoms with Crippen molar-refractivity contribution in [3.05, 3.63) is 59.4 Å². The summed E-state index contributed by atoms with van der Waals surface area (Å²) in [6.07, 6.45) is -3.61. The van der Waals surface area contributed by atoms with E-state index in [1.807, 2.05) is 0 Å². The molecule has 3 rings (SSSR count). The lowest BCUT2D eigenvalue weighted by Gasteiger charge is -2.12. The second-order valence-corrected chi connectivity index (χ2v) is 5.30. The molecule has 0 saturated carbocycles. The van der Waals surface area contributed by atoms with Crippen LogP contribution in [0.3, 0.4) is 0 Å². The summed E-state index contributed by atoms with van der Waals surface area (Å²) in [7, 11) is 0. The van der Waals surface area contributed by atoms with E-state index in [2.05, 4.69) is 15.6 Å². The van der Waals surface area contributed by atoms with Gasteiger partial charge in [0.25, 0.3) is 5.91 Å². The number of rotatable bonds is 3. The van der Waals surface area contributed by atoms with Crippen LogP contribution in [-0.2, 0) is 11.0 Å². The number of benzene rings is 1. The van der Waals surface area contributed by atoms with Crippen molar-refractivity contribution in [3.63, 3.8) is 0 Å². The van der Waals surface area contributed by atoms with E-state index in [4.69, 9.17) is 0 Å². The van der Waals surface area contributed by atoms with Gasteiger partial charge < -0.3 is 10.6 Å². The molecule has 0 aliphatic carbocycles. The Bertz CT molecular complexity index is 788. The van der Waals surface area contributed by atoms with Crippen molar-refractivity contribution in [1.29, 1.82) is 0 Å². The van der Waals surface area contributed by atoms with Crippen molar-refractivity contribution in [2.45, 2.75) is 18.6 Å². The van der Waals surface area contributed by atoms with Crippen LogP contribution in [0.2, 0.25) is 0 Å². The Labute approximate surface area is 134 Å². The molecule has 2 amide bonds. The van der Waals surface area contributed by atoms with Gasteiger partial charge in [0, 0.05) is 5.56 Å². The minimum Gasteiger partial charge on any atom is -0.345 e. The van der Waals surface area contributed by atoms with Crippen LogP contribution in [0.25, 0.3) is 0 Å². The van der Waals surface area contributed by atoms with Gasteiger partial charge in [0.05, 0.1) is 24.3 Å². The second kappa shape index (κ2) is 5.95. The quantitative estimate of drug-likeness (QED) is 0.906. The number of halogens is 3. The minimum absolute atomic E-state index is 0.0240. The average molecular weight is 335 g/mol. The highest BCUT2D eigenvalue weighted by Crippen LogP contribution is 2.29. The number of aromatic nitrogens is 1. The van der Waals surface area contributed by atoms with E-state index >= 15 is 0 Å². The summed E-state index contributed by atoms with van der Waals surface area (Å²) < 4.78 is 37.3. The first kappa shape index (κ1) is 16.0. The molecule has 1 aliphatic heterocycles. The molecule has 0 fully saturated rings. The zero-order valence-electron chi connectivity index (χ0n) is 12.2. The van der Waals surface area contributed by atoms with Crippen LogP contribution in [-0.4, -0.2) is 16.8 Å². The maximum atomic E-state index is 12.4. The Morgan fingerprint density at radius 3 is 2.62 bits per heavy atom. The Balaban J connectivity index is 1.66. The summed E-state index contributed by atoms with van der Waals surface area (Å²) in [6, 6.07) is 8.39. The molecule has 1 unspecified atom stereocenters. The van der Waals surface area contributed by atoms with E-state index in [1.54, 1.807) is 24.3 Å². The molecule has 2 N–H and O–H groups in total. The third kappa shape index (κ3) is 3.22. The van der Waals surface area contributed by atoms with Gasteiger partial charge in [0.2, 0.25) is 5.91 Å². The smallest absolute Gasteiger partial charge is 0.345 e. The molecule has 1 aromatic carbocycles. The average Bonchev–Trinajstić information content (AvgIpc) is 2.83. The van der Waals surface area contributed by atoms with Gasteiger partial charge in [0.1, 0.15) is 5.69 Å². The highest BCUT2D eigenvalue weighted by molar-refractivity contribution is 6.00. The van der Waals surface area contributed by atoms with Crippen LogP contribution in [0, 0.1) is 0 Å². The fourth-order valence-corrected chi connectivity index (χ4v) is 2.52. The van der Waals surface area contributed by atoms with Crippen LogP contribution in [0.5, 0.6) is 0 Å². The van der Waals surface area contributed by atoms with Crippen LogP contribution in [0.4, 0.5) is 18.9 Å². The minimum atomic E-state index is -4.53. The van der Waals surface area contributed by atoms with E-state index in [1.165, 1.54) is 0 Å². The van der Waals surface area contributed by atoms with Crippen LogP contribution in [0.15, 0.2) is 42.6 Å². The van der Waals surface area contributed by atoms with Crippen molar-refractivity contribution in [2.24, 2.45) is 0 Å². The summed E-state index contributed by atoms with van der Waals surface area (Å²) in [4.78, 5) is 27.1. The van der Waals surface area contributed by atoms with Crippen molar-refractivity contribution in [3.8, 4) is 0 Å². The molecule has 0 bridgehead atoms. The van der Waals surface area contributed by atoms with E-state index in [-0.39, 0.29) is 18.0 Å². The van der Waals surface area contributed by atoms with Gasteiger partial charge in [-0.15, -0.1) is 0 Å². The Morgan fingerprint density at radius 1 is 1.21 bits per heavy atom. The van der Waals surface area contributed by atoms with E-state index in [9.17, 15) is 22.8 Å². The van der Waals surface area contributed by atoms with E-state index in [0.717, 1.165) is 23.9 Å². The first-order valence-electron chi connectivity index (χ1n) is 7.07. The number of carbonyl (C=O) groups is 2. The summed E-state index contributed by atoms with van der Waals surface area (Å²) in [6.45, 7) is 0. The highest BCUT2D eigenvalue weighted by atomic mass is 19.4. The molecule has 124 valence electrons. The van der Waals surface area contributed by atoms with Crippen molar-refractivity contribution in [1.82, 2.24) is 10.3 Å². The van der Waals surface area contributed by atoms with E-state index < -0.39 is 23.8 Å². The number of carbonyl (C=O) groups excluding carboxylic acids is 2. The number of hydrogen-bond donors (Lipinski definition) is 2. The predicted molar refractivity (Wildman–Crippen MR) is 79.1 cm³/mol. The number of fused-ring (bicyclic) bond motifs is 1. The molecule has 1 aromatic heterocycles. The molecule has 1 atom stereocenters. The predicted octanol–water partition coefficient (Wildman–Crippen LogP) is 2.91. The monoisotopic (exact) mass is 335 g/mol. The molecule has 1 aliphatic rings. The number of anilines is 1. The molecular formula is C16H12F3N3O2. The molecule has 0 radical (unpaired) electrons. The van der Waals surface area contributed by atoms with Crippen molar-refractivity contribution >= 4 is 17.5 Å². The molecule has 0 saturated heterocycles. The van der Waals surface area contributed by atoms with Gasteiger partial charge in [-0.05, 0) is 23.8 Å². The molecule has 0 spiro atoms. The lowest BCUT2D eigenvalue weighted by atomic mass is 10.0. The SMILES string of the molecule is O=C(CC1NC(=O)c2ccccc21)Nc1ccc(C(F)(F)F)nc1. The molecule has 5 nitrogen and oxygen atoms in total. The zero-order chi connectivity index (χ0) is 17.3. The van der Waals surface area contributed by atoms with E-state index in [0.29, 0.717) is 5.56 Å². The maximum Gasteiger partial charge on any atom is 0.433 e. The standard InChI is InChI=1S/C16H12F3N3O2/c17-16(18,19)13-6-5-9(8-20-13)21-14(23)7-12-10-3-1-2-4-11(10)15(24)22-12/h1-6,8,12H,7H2,(H,21,23)(H,22,24). The van der Waals surface area contributed by atoms with Crippen LogP contribution >= 0.6 is 0 Å². The van der Waals surface area contributed by atoms with Gasteiger partial charge in [-0.3, -0.25) is 9.59 Å². The summed E-state index contributed by atoms with van der Waals surface area (Å²) >= 11 is 0. The summed E-state index contributed by atoms with van der Waals surface area (Å²) in [5, 5.41) is 5.17. The van der Waals surface area contributed by atoms with Gasteiger partial charge in [-0.2, -0.15) is 13.2 Å². The lowest BCUT2D eigenvalue weighted by Crippen LogP contribution is -2.24. The number of amides is 2. The number of hydrogen-bond acceptors (Lipinski definition) is 3. The fraction of sp³-hybridized carbons (Fsp3) is 0.188. The van der Waals surface area contributed by atoms with Crippen LogP contribution in [0.1, 0.15) is 34.1 Å². The molecule has 2 aromatic rings. The maximum absolute atomic E-state index is 12.4. The molecule has 8 heteroatoms. The van der Waals surface area contributed by atoms with Gasteiger partial charge in [0.15, 0.2) is 0 Å². The van der Waals surface area contributed by atoms with Gasteiger partial charge in [-0.1, -0.05) is 18.2 Å². The first-order chi connectivity index (χ1) is 11.3. The van der Waals surface area contributed by atoms with Crippen molar-refractivity contribution < 1.29 is 22.8 Å². The Hall–Kier alpha value is -2.90. The second-order valence-electron chi connectivity index (χ2n) is 5.30. The summed E-state index contributed by atoms with van der Waals surface area (Å²) in [5.41, 5.74) is 0.373. The van der Waals surface area contributed by atoms with Crippen molar-refractivity contribution in [2.75, 3.05) is 5.32 Å². The first-order valence-corrected chi connectivity index (χ1v) is 7.07. The largest absolute Gasteiger partial charge is 0.433 e.